The van der Waals surface area contributed by atoms with Crippen molar-refractivity contribution in [2.75, 3.05) is 5.43 Å². The molecule has 100 valence electrons. The lowest BCUT2D eigenvalue weighted by Gasteiger charge is -2.01. The van der Waals surface area contributed by atoms with Gasteiger partial charge in [0.2, 0.25) is 5.52 Å². The van der Waals surface area contributed by atoms with Gasteiger partial charge in [-0.05, 0) is 18.2 Å². The van der Waals surface area contributed by atoms with Gasteiger partial charge in [0.25, 0.3) is 12.0 Å². The van der Waals surface area contributed by atoms with Gasteiger partial charge < -0.3 is 0 Å². The Kier molecular flexibility index (Phi) is 2.83. The van der Waals surface area contributed by atoms with Crippen LogP contribution in [0, 0.1) is 10.1 Å². The summed E-state index contributed by atoms with van der Waals surface area (Å²) in [7, 11) is 1.90. The summed E-state index contributed by atoms with van der Waals surface area (Å²) in [6, 6.07) is 14.5. The average Bonchev–Trinajstić information content (AvgIpc) is 2.76. The minimum atomic E-state index is -0.390. The Morgan fingerprint density at radius 1 is 1.20 bits per heavy atom. The number of hydrogen-bond donors (Lipinski definition) is 1. The number of rotatable bonds is 3. The Bertz CT molecular complexity index is 780. The van der Waals surface area contributed by atoms with Crippen LogP contribution < -0.4 is 9.99 Å². The van der Waals surface area contributed by atoms with Gasteiger partial charge in [-0.25, -0.2) is 9.99 Å². The van der Waals surface area contributed by atoms with Gasteiger partial charge in [-0.15, -0.1) is 4.68 Å². The maximum Gasteiger partial charge on any atom is 0.274 e. The lowest BCUT2D eigenvalue weighted by molar-refractivity contribution is -0.645. The molecule has 0 atom stereocenters. The number of imidazole rings is 1. The first-order chi connectivity index (χ1) is 9.65. The molecule has 3 aromatic rings. The molecule has 3 rings (SSSR count). The first-order valence-corrected chi connectivity index (χ1v) is 6.12. The summed E-state index contributed by atoms with van der Waals surface area (Å²) in [6.45, 7) is 0. The zero-order chi connectivity index (χ0) is 14.1. The van der Waals surface area contributed by atoms with Crippen LogP contribution in [0.15, 0.2) is 54.9 Å². The molecule has 20 heavy (non-hydrogen) atoms. The van der Waals surface area contributed by atoms with Crippen molar-refractivity contribution in [3.8, 4) is 0 Å². The number of para-hydroxylation sites is 1. The molecule has 0 aliphatic rings. The Morgan fingerprint density at radius 2 is 1.95 bits per heavy atom. The Hall–Kier alpha value is -2.89. The number of hydrogen-bond acceptors (Lipinski definition) is 3. The summed E-state index contributed by atoms with van der Waals surface area (Å²) in [5.74, 6) is 0. The molecule has 0 saturated heterocycles. The Labute approximate surface area is 115 Å². The van der Waals surface area contributed by atoms with E-state index in [0.717, 1.165) is 16.7 Å². The third-order valence-corrected chi connectivity index (χ3v) is 3.12. The minimum absolute atomic E-state index is 0.0762. The number of nitro benzene ring substituents is 1. The molecule has 1 heterocycles. The molecule has 1 N–H and O–H groups in total. The van der Waals surface area contributed by atoms with Crippen molar-refractivity contribution in [2.24, 2.45) is 7.05 Å². The molecule has 0 radical (unpaired) electrons. The maximum absolute atomic E-state index is 10.9. The van der Waals surface area contributed by atoms with E-state index in [4.69, 9.17) is 0 Å². The van der Waals surface area contributed by atoms with E-state index in [1.807, 2.05) is 48.3 Å². The Morgan fingerprint density at radius 3 is 2.65 bits per heavy atom. The van der Waals surface area contributed by atoms with E-state index in [2.05, 4.69) is 5.43 Å². The van der Waals surface area contributed by atoms with Gasteiger partial charge in [-0.2, -0.15) is 0 Å². The second kappa shape index (κ2) is 4.65. The van der Waals surface area contributed by atoms with Gasteiger partial charge in [0.05, 0.1) is 23.7 Å². The van der Waals surface area contributed by atoms with Gasteiger partial charge in [-0.1, -0.05) is 18.2 Å². The molecule has 2 aromatic carbocycles. The molecule has 1 aromatic heterocycles. The first kappa shape index (κ1) is 12.2. The highest BCUT2D eigenvalue weighted by molar-refractivity contribution is 5.75. The SMILES string of the molecule is C[n+]1cn(Nc2ccccc2)c2cc([N+](=O)[O-])ccc21. The van der Waals surface area contributed by atoms with Crippen molar-refractivity contribution < 1.29 is 9.49 Å². The zero-order valence-corrected chi connectivity index (χ0v) is 10.9. The predicted octanol–water partition coefficient (Wildman–Crippen LogP) is 2.25. The molecular weight excluding hydrogens is 256 g/mol. The molecule has 0 amide bonds. The van der Waals surface area contributed by atoms with Crippen LogP contribution in [0.3, 0.4) is 0 Å². The van der Waals surface area contributed by atoms with Crippen LogP contribution in [0.25, 0.3) is 11.0 Å². The quantitative estimate of drug-likeness (QED) is 0.450. The molecule has 6 nitrogen and oxygen atoms in total. The number of non-ortho nitro benzene ring substituents is 1. The minimum Gasteiger partial charge on any atom is -0.258 e. The van der Waals surface area contributed by atoms with Gasteiger partial charge in [0.1, 0.15) is 0 Å². The number of benzene rings is 2. The molecule has 0 bridgehead atoms. The summed E-state index contributed by atoms with van der Waals surface area (Å²) >= 11 is 0. The van der Waals surface area contributed by atoms with E-state index in [-0.39, 0.29) is 10.6 Å². The highest BCUT2D eigenvalue weighted by Gasteiger charge is 2.17. The number of aryl methyl sites for hydroxylation is 1. The van der Waals surface area contributed by atoms with Gasteiger partial charge in [0, 0.05) is 6.07 Å². The summed E-state index contributed by atoms with van der Waals surface area (Å²) in [5, 5.41) is 10.9. The third kappa shape index (κ3) is 2.07. The molecule has 6 heteroatoms. The summed E-state index contributed by atoms with van der Waals surface area (Å²) in [4.78, 5) is 10.5. The predicted molar refractivity (Wildman–Crippen MR) is 75.2 cm³/mol. The van der Waals surface area contributed by atoms with Crippen LogP contribution >= 0.6 is 0 Å². The number of aromatic nitrogens is 2. The number of anilines is 1. The summed E-state index contributed by atoms with van der Waals surface area (Å²) < 4.78 is 3.69. The van der Waals surface area contributed by atoms with E-state index < -0.39 is 0 Å². The van der Waals surface area contributed by atoms with Crippen molar-refractivity contribution in [1.82, 2.24) is 4.68 Å². The lowest BCUT2D eigenvalue weighted by Crippen LogP contribution is -2.26. The van der Waals surface area contributed by atoms with Gasteiger partial charge in [0.15, 0.2) is 5.52 Å². The van der Waals surface area contributed by atoms with Crippen molar-refractivity contribution >= 4 is 22.4 Å². The lowest BCUT2D eigenvalue weighted by atomic mass is 10.3. The third-order valence-electron chi connectivity index (χ3n) is 3.12. The average molecular weight is 269 g/mol. The fourth-order valence-electron chi connectivity index (χ4n) is 2.16. The van der Waals surface area contributed by atoms with E-state index in [9.17, 15) is 10.1 Å². The van der Waals surface area contributed by atoms with Crippen LogP contribution in [0.1, 0.15) is 0 Å². The van der Waals surface area contributed by atoms with Gasteiger partial charge in [-0.3, -0.25) is 10.1 Å². The second-order valence-corrected chi connectivity index (χ2v) is 4.50. The fourth-order valence-corrected chi connectivity index (χ4v) is 2.16. The standard InChI is InChI=1S/C14H13N4O2/c1-16-10-17(15-11-5-3-2-4-6-11)14-9-12(18(19)20)7-8-13(14)16/h2-10,15H,1H3/q+1. The summed E-state index contributed by atoms with van der Waals surface area (Å²) in [6.07, 6.45) is 1.85. The zero-order valence-electron chi connectivity index (χ0n) is 10.9. The van der Waals surface area contributed by atoms with Crippen molar-refractivity contribution in [1.29, 1.82) is 0 Å². The fraction of sp³-hybridized carbons (Fsp3) is 0.0714. The molecule has 0 unspecified atom stereocenters. The topological polar surface area (TPSA) is 64.0 Å². The van der Waals surface area contributed by atoms with E-state index in [1.165, 1.54) is 6.07 Å². The maximum atomic E-state index is 10.9. The van der Waals surface area contributed by atoms with Crippen LogP contribution in [-0.2, 0) is 7.05 Å². The molecule has 0 aliphatic carbocycles. The smallest absolute Gasteiger partial charge is 0.258 e. The van der Waals surface area contributed by atoms with Crippen LogP contribution in [0.4, 0.5) is 11.4 Å². The highest BCUT2D eigenvalue weighted by atomic mass is 16.6. The molecular formula is C14H13N4O2+. The number of nitro groups is 1. The molecule has 0 aliphatic heterocycles. The monoisotopic (exact) mass is 269 g/mol. The number of fused-ring (bicyclic) bond motifs is 1. The number of nitrogens with zero attached hydrogens (tertiary/aromatic N) is 3. The van der Waals surface area contributed by atoms with E-state index in [0.29, 0.717) is 0 Å². The summed E-state index contributed by atoms with van der Waals surface area (Å²) in [5.41, 5.74) is 5.87. The van der Waals surface area contributed by atoms with Crippen LogP contribution in [0.2, 0.25) is 0 Å². The molecule has 0 fully saturated rings. The van der Waals surface area contributed by atoms with E-state index >= 15 is 0 Å². The van der Waals surface area contributed by atoms with Crippen molar-refractivity contribution in [3.63, 3.8) is 0 Å². The van der Waals surface area contributed by atoms with Crippen molar-refractivity contribution in [2.45, 2.75) is 0 Å². The van der Waals surface area contributed by atoms with Gasteiger partial charge >= 0.3 is 0 Å². The molecule has 0 spiro atoms. The highest BCUT2D eigenvalue weighted by Crippen LogP contribution is 2.19. The normalized spacial score (nSPS) is 10.7. The van der Waals surface area contributed by atoms with E-state index in [1.54, 1.807) is 16.8 Å². The Balaban J connectivity index is 2.10. The first-order valence-electron chi connectivity index (χ1n) is 6.12. The second-order valence-electron chi connectivity index (χ2n) is 4.50. The number of nitrogens with one attached hydrogen (secondary N) is 1. The molecule has 0 saturated carbocycles. The van der Waals surface area contributed by atoms with Crippen LogP contribution in [0.5, 0.6) is 0 Å². The van der Waals surface area contributed by atoms with Crippen molar-refractivity contribution in [3.05, 3.63) is 65.0 Å². The largest absolute Gasteiger partial charge is 0.274 e. The van der Waals surface area contributed by atoms with Crippen LogP contribution in [-0.4, -0.2) is 9.60 Å².